The summed E-state index contributed by atoms with van der Waals surface area (Å²) in [6.07, 6.45) is 4.09. The number of nitrogens with zero attached hydrogens (tertiary/aromatic N) is 2. The van der Waals surface area contributed by atoms with Crippen molar-refractivity contribution < 1.29 is 27.5 Å². The minimum absolute atomic E-state index is 0.0285. The Balaban J connectivity index is 1.60. The first-order valence-corrected chi connectivity index (χ1v) is 18.9. The first-order valence-electron chi connectivity index (χ1n) is 16.7. The molecule has 4 aromatic rings. The normalized spacial score (nSPS) is 13.8. The molecule has 0 bridgehead atoms. The Hall–Kier alpha value is -4.35. The summed E-state index contributed by atoms with van der Waals surface area (Å²) in [6, 6.07) is 26.0. The fourth-order valence-electron chi connectivity index (χ4n) is 6.48. The van der Waals surface area contributed by atoms with E-state index in [4.69, 9.17) is 9.47 Å². The second-order valence-corrected chi connectivity index (χ2v) is 15.5. The maximum absolute atomic E-state index is 14.8. The van der Waals surface area contributed by atoms with Crippen LogP contribution in [0.15, 0.2) is 100 Å². The van der Waals surface area contributed by atoms with Gasteiger partial charge in [0.25, 0.3) is 10.0 Å². The molecule has 1 aliphatic rings. The number of carbonyl (C=O) groups excluding carboxylic acids is 2. The molecule has 1 aliphatic carbocycles. The Kier molecular flexibility index (Phi) is 12.2. The minimum Gasteiger partial charge on any atom is -0.493 e. The van der Waals surface area contributed by atoms with Crippen molar-refractivity contribution in [3.8, 4) is 11.5 Å². The molecule has 0 heterocycles. The van der Waals surface area contributed by atoms with Gasteiger partial charge in [-0.1, -0.05) is 77.3 Å². The number of methoxy groups -OCH3 is 2. The first kappa shape index (κ1) is 36.9. The number of nitrogens with one attached hydrogen (secondary N) is 1. The number of anilines is 1. The molecule has 1 saturated carbocycles. The van der Waals surface area contributed by atoms with Crippen molar-refractivity contribution >= 4 is 43.5 Å². The van der Waals surface area contributed by atoms with Gasteiger partial charge in [0.2, 0.25) is 11.8 Å². The second kappa shape index (κ2) is 16.6. The van der Waals surface area contributed by atoms with Gasteiger partial charge in [-0.25, -0.2) is 8.42 Å². The van der Waals surface area contributed by atoms with Gasteiger partial charge >= 0.3 is 0 Å². The number of amides is 2. The Labute approximate surface area is 303 Å². The molecule has 5 rings (SSSR count). The van der Waals surface area contributed by atoms with Gasteiger partial charge in [0.15, 0.2) is 11.5 Å². The number of hydrogen-bond donors (Lipinski definition) is 1. The molecule has 0 unspecified atom stereocenters. The summed E-state index contributed by atoms with van der Waals surface area (Å²) >= 11 is 3.54. The zero-order chi connectivity index (χ0) is 35.8. The zero-order valence-corrected chi connectivity index (χ0v) is 31.3. The van der Waals surface area contributed by atoms with Crippen molar-refractivity contribution in [2.24, 2.45) is 0 Å². The SMILES string of the molecule is COc1ccc(S(=O)(=O)N(CC(=O)N(Cc2cccc(Br)c2)[C@H](Cc2ccccc2)C(=O)NC2CCCC2)c2cc(C)cc(C)c2)cc1OC. The molecule has 50 heavy (non-hydrogen) atoms. The highest BCUT2D eigenvalue weighted by Gasteiger charge is 2.36. The zero-order valence-electron chi connectivity index (χ0n) is 28.9. The van der Waals surface area contributed by atoms with E-state index in [1.165, 1.54) is 37.3 Å². The molecule has 0 aliphatic heterocycles. The lowest BCUT2D eigenvalue weighted by Crippen LogP contribution is -2.54. The third-order valence-corrected chi connectivity index (χ3v) is 11.2. The quantitative estimate of drug-likeness (QED) is 0.149. The molecule has 0 spiro atoms. The predicted octanol–water partition coefficient (Wildman–Crippen LogP) is 6.98. The Morgan fingerprint density at radius 1 is 0.840 bits per heavy atom. The van der Waals surface area contributed by atoms with Crippen LogP contribution in [0.4, 0.5) is 5.69 Å². The van der Waals surface area contributed by atoms with Crippen LogP contribution >= 0.6 is 15.9 Å². The van der Waals surface area contributed by atoms with E-state index in [1.807, 2.05) is 74.5 Å². The van der Waals surface area contributed by atoms with Crippen molar-refractivity contribution in [3.63, 3.8) is 0 Å². The summed E-state index contributed by atoms with van der Waals surface area (Å²) in [6.45, 7) is 3.30. The monoisotopic (exact) mass is 761 g/mol. The third-order valence-electron chi connectivity index (χ3n) is 8.93. The number of benzene rings is 4. The van der Waals surface area contributed by atoms with E-state index in [9.17, 15) is 18.0 Å². The fourth-order valence-corrected chi connectivity index (χ4v) is 8.34. The summed E-state index contributed by atoms with van der Waals surface area (Å²) in [5.74, 6) is -0.166. The van der Waals surface area contributed by atoms with Crippen molar-refractivity contribution in [2.45, 2.75) is 69.5 Å². The van der Waals surface area contributed by atoms with E-state index in [2.05, 4.69) is 21.2 Å². The highest BCUT2D eigenvalue weighted by atomic mass is 79.9. The van der Waals surface area contributed by atoms with E-state index in [0.717, 1.165) is 56.7 Å². The van der Waals surface area contributed by atoms with E-state index >= 15 is 0 Å². The van der Waals surface area contributed by atoms with Crippen LogP contribution in [0.1, 0.15) is 47.9 Å². The molecule has 264 valence electrons. The van der Waals surface area contributed by atoms with Crippen LogP contribution in [0, 0.1) is 13.8 Å². The van der Waals surface area contributed by atoms with Gasteiger partial charge in [0, 0.05) is 29.5 Å². The first-order chi connectivity index (χ1) is 24.0. The number of carbonyl (C=O) groups is 2. The largest absolute Gasteiger partial charge is 0.493 e. The van der Waals surface area contributed by atoms with Crippen LogP contribution in [0.2, 0.25) is 0 Å². The third kappa shape index (κ3) is 9.05. The standard InChI is InChI=1S/C39H44BrN3O6S/c1-27-19-28(2)21-33(20-27)43(50(46,47)34-17-18-36(48-3)37(24-34)49-4)26-38(44)42(25-30-13-10-14-31(40)22-30)35(23-29-11-6-5-7-12-29)39(45)41-32-15-8-9-16-32/h5-7,10-14,17-22,24,32,35H,8-9,15-16,23,25-26H2,1-4H3,(H,41,45)/t35-/m1/s1. The molecule has 0 saturated heterocycles. The van der Waals surface area contributed by atoms with Gasteiger partial charge in [-0.05, 0) is 85.3 Å². The molecule has 1 atom stereocenters. The number of ether oxygens (including phenoxy) is 2. The van der Waals surface area contributed by atoms with Crippen molar-refractivity contribution in [1.82, 2.24) is 10.2 Å². The summed E-state index contributed by atoms with van der Waals surface area (Å²) in [5, 5.41) is 3.21. The average molecular weight is 763 g/mol. The van der Waals surface area contributed by atoms with Crippen LogP contribution in [0.25, 0.3) is 0 Å². The Bertz CT molecular complexity index is 1890. The van der Waals surface area contributed by atoms with Crippen LogP contribution in [-0.2, 0) is 32.6 Å². The maximum atomic E-state index is 14.8. The molecule has 9 nitrogen and oxygen atoms in total. The number of halogens is 1. The number of rotatable bonds is 14. The van der Waals surface area contributed by atoms with Crippen LogP contribution in [0.5, 0.6) is 11.5 Å². The van der Waals surface area contributed by atoms with Gasteiger partial charge in [-0.3, -0.25) is 13.9 Å². The Morgan fingerprint density at radius 3 is 2.14 bits per heavy atom. The topological polar surface area (TPSA) is 105 Å². The van der Waals surface area contributed by atoms with Crippen molar-refractivity contribution in [1.29, 1.82) is 0 Å². The predicted molar refractivity (Wildman–Crippen MR) is 199 cm³/mol. The average Bonchev–Trinajstić information content (AvgIpc) is 3.61. The van der Waals surface area contributed by atoms with E-state index in [1.54, 1.807) is 12.1 Å². The maximum Gasteiger partial charge on any atom is 0.264 e. The second-order valence-electron chi connectivity index (χ2n) is 12.7. The fraction of sp³-hybridized carbons (Fsp3) is 0.333. The van der Waals surface area contributed by atoms with Crippen molar-refractivity contribution in [3.05, 3.63) is 118 Å². The molecule has 2 amide bonds. The van der Waals surface area contributed by atoms with Gasteiger partial charge in [-0.2, -0.15) is 0 Å². The summed E-state index contributed by atoms with van der Waals surface area (Å²) in [5.41, 5.74) is 3.69. The van der Waals surface area contributed by atoms with Gasteiger partial charge in [0.05, 0.1) is 24.8 Å². The number of sulfonamides is 1. The van der Waals surface area contributed by atoms with Gasteiger partial charge in [-0.15, -0.1) is 0 Å². The van der Waals surface area contributed by atoms with Crippen LogP contribution in [-0.4, -0.2) is 58.0 Å². The molecule has 4 aromatic carbocycles. The van der Waals surface area contributed by atoms with Crippen LogP contribution in [0.3, 0.4) is 0 Å². The Morgan fingerprint density at radius 2 is 1.50 bits per heavy atom. The minimum atomic E-state index is -4.33. The number of hydrogen-bond acceptors (Lipinski definition) is 6. The van der Waals surface area contributed by atoms with E-state index in [0.29, 0.717) is 11.4 Å². The molecular weight excluding hydrogens is 718 g/mol. The summed E-state index contributed by atoms with van der Waals surface area (Å²) in [4.78, 5) is 30.5. The highest BCUT2D eigenvalue weighted by Crippen LogP contribution is 2.33. The lowest BCUT2D eigenvalue weighted by molar-refractivity contribution is -0.140. The van der Waals surface area contributed by atoms with Gasteiger partial charge < -0.3 is 19.7 Å². The lowest BCUT2D eigenvalue weighted by Gasteiger charge is -2.34. The number of aryl methyl sites for hydroxylation is 2. The summed E-state index contributed by atoms with van der Waals surface area (Å²) in [7, 11) is -1.43. The molecule has 11 heteroatoms. The lowest BCUT2D eigenvalue weighted by atomic mass is 10.0. The van der Waals surface area contributed by atoms with Crippen LogP contribution < -0.4 is 19.1 Å². The van der Waals surface area contributed by atoms with Crippen molar-refractivity contribution in [2.75, 3.05) is 25.1 Å². The molecule has 0 radical (unpaired) electrons. The van der Waals surface area contributed by atoms with E-state index in [-0.39, 0.29) is 35.6 Å². The molecular formula is C39H44BrN3O6S. The highest BCUT2D eigenvalue weighted by molar-refractivity contribution is 9.10. The molecule has 1 N–H and O–H groups in total. The smallest absolute Gasteiger partial charge is 0.264 e. The van der Waals surface area contributed by atoms with Gasteiger partial charge in [0.1, 0.15) is 12.6 Å². The van der Waals surface area contributed by atoms with E-state index < -0.39 is 28.5 Å². The summed E-state index contributed by atoms with van der Waals surface area (Å²) < 4.78 is 41.9. The molecule has 0 aromatic heterocycles. The molecule has 1 fully saturated rings.